The van der Waals surface area contributed by atoms with Gasteiger partial charge in [-0.05, 0) is 39.3 Å². The molecule has 0 saturated carbocycles. The Morgan fingerprint density at radius 2 is 2.05 bits per heavy atom. The van der Waals surface area contributed by atoms with Gasteiger partial charge in [-0.25, -0.2) is 0 Å². The van der Waals surface area contributed by atoms with E-state index in [1.807, 2.05) is 20.8 Å². The number of pyridine rings is 1. The summed E-state index contributed by atoms with van der Waals surface area (Å²) in [4.78, 5) is 29.4. The van der Waals surface area contributed by atoms with Crippen LogP contribution in [0.1, 0.15) is 36.7 Å². The lowest BCUT2D eigenvalue weighted by molar-refractivity contribution is -0.144. The van der Waals surface area contributed by atoms with Crippen molar-refractivity contribution in [3.63, 3.8) is 0 Å². The third-order valence-corrected chi connectivity index (χ3v) is 2.61. The van der Waals surface area contributed by atoms with Crippen molar-refractivity contribution in [2.24, 2.45) is 0 Å². The second kappa shape index (κ2) is 6.87. The molecule has 1 rings (SSSR count). The Morgan fingerprint density at radius 3 is 2.58 bits per heavy atom. The second-order valence-electron chi connectivity index (χ2n) is 4.58. The molecule has 0 N–H and O–H groups in total. The molecule has 0 aliphatic heterocycles. The summed E-state index contributed by atoms with van der Waals surface area (Å²) in [5.41, 5.74) is 1.39. The van der Waals surface area contributed by atoms with Crippen LogP contribution in [-0.2, 0) is 9.53 Å². The number of amides is 1. The average molecular weight is 264 g/mol. The van der Waals surface area contributed by atoms with Crippen molar-refractivity contribution in [3.8, 4) is 0 Å². The monoisotopic (exact) mass is 264 g/mol. The third-order valence-electron chi connectivity index (χ3n) is 2.61. The summed E-state index contributed by atoms with van der Waals surface area (Å²) in [6, 6.07) is 1.67. The predicted molar refractivity (Wildman–Crippen MR) is 71.8 cm³/mol. The van der Waals surface area contributed by atoms with Gasteiger partial charge in [-0.15, -0.1) is 0 Å². The van der Waals surface area contributed by atoms with E-state index in [0.717, 1.165) is 5.56 Å². The van der Waals surface area contributed by atoms with Crippen molar-refractivity contribution in [3.05, 3.63) is 29.6 Å². The van der Waals surface area contributed by atoms with Crippen molar-refractivity contribution in [2.45, 2.75) is 33.7 Å². The zero-order chi connectivity index (χ0) is 14.4. The molecule has 0 atom stereocenters. The summed E-state index contributed by atoms with van der Waals surface area (Å²) in [6.45, 7) is 7.60. The number of aromatic nitrogens is 1. The molecule has 19 heavy (non-hydrogen) atoms. The number of hydrogen-bond donors (Lipinski definition) is 0. The molecule has 0 bridgehead atoms. The predicted octanol–water partition coefficient (Wildman–Crippen LogP) is 1.80. The molecular formula is C14H20N2O3. The number of hydrogen-bond acceptors (Lipinski definition) is 4. The van der Waals surface area contributed by atoms with Gasteiger partial charge in [-0.3, -0.25) is 14.6 Å². The standard InChI is InChI=1S/C14H20N2O3/c1-5-19-13(17)9-16(10(2)3)14(18)12-6-11(4)7-15-8-12/h6-8,10H,5,9H2,1-4H3. The molecule has 0 unspecified atom stereocenters. The van der Waals surface area contributed by atoms with Gasteiger partial charge in [0.15, 0.2) is 0 Å². The zero-order valence-electron chi connectivity index (χ0n) is 11.8. The molecule has 5 nitrogen and oxygen atoms in total. The Hall–Kier alpha value is -1.91. The highest BCUT2D eigenvalue weighted by Gasteiger charge is 2.22. The normalized spacial score (nSPS) is 10.4. The molecule has 0 spiro atoms. The molecule has 0 aliphatic carbocycles. The molecular weight excluding hydrogens is 244 g/mol. The molecule has 1 aromatic rings. The van der Waals surface area contributed by atoms with E-state index in [1.54, 1.807) is 19.2 Å². The number of nitrogens with zero attached hydrogens (tertiary/aromatic N) is 2. The molecule has 5 heteroatoms. The molecule has 1 aromatic heterocycles. The smallest absolute Gasteiger partial charge is 0.325 e. The minimum Gasteiger partial charge on any atom is -0.465 e. The maximum Gasteiger partial charge on any atom is 0.325 e. The van der Waals surface area contributed by atoms with E-state index in [9.17, 15) is 9.59 Å². The van der Waals surface area contributed by atoms with Gasteiger partial charge in [-0.1, -0.05) is 0 Å². The number of rotatable bonds is 5. The van der Waals surface area contributed by atoms with E-state index in [4.69, 9.17) is 4.74 Å². The summed E-state index contributed by atoms with van der Waals surface area (Å²) in [5, 5.41) is 0. The lowest BCUT2D eigenvalue weighted by Gasteiger charge is -2.25. The third kappa shape index (κ3) is 4.35. The zero-order valence-corrected chi connectivity index (χ0v) is 11.8. The van der Waals surface area contributed by atoms with Gasteiger partial charge in [0.2, 0.25) is 0 Å². The number of aryl methyl sites for hydroxylation is 1. The fraction of sp³-hybridized carbons (Fsp3) is 0.500. The van der Waals surface area contributed by atoms with Gasteiger partial charge < -0.3 is 9.64 Å². The van der Waals surface area contributed by atoms with Gasteiger partial charge in [0.1, 0.15) is 6.54 Å². The van der Waals surface area contributed by atoms with Crippen LogP contribution in [0, 0.1) is 6.92 Å². The van der Waals surface area contributed by atoms with E-state index >= 15 is 0 Å². The van der Waals surface area contributed by atoms with Crippen LogP contribution in [0.4, 0.5) is 0 Å². The first kappa shape index (κ1) is 15.1. The Morgan fingerprint density at radius 1 is 1.37 bits per heavy atom. The number of carbonyl (C=O) groups excluding carboxylic acids is 2. The highest BCUT2D eigenvalue weighted by Crippen LogP contribution is 2.09. The summed E-state index contributed by atoms with van der Waals surface area (Å²) in [7, 11) is 0. The first-order valence-corrected chi connectivity index (χ1v) is 6.34. The van der Waals surface area contributed by atoms with Gasteiger partial charge in [-0.2, -0.15) is 0 Å². The Labute approximate surface area is 113 Å². The Kier molecular flexibility index (Phi) is 5.48. The molecule has 0 aromatic carbocycles. The van der Waals surface area contributed by atoms with Crippen LogP contribution >= 0.6 is 0 Å². The van der Waals surface area contributed by atoms with Crippen molar-refractivity contribution in [2.75, 3.05) is 13.2 Å². The first-order chi connectivity index (χ1) is 8.95. The quantitative estimate of drug-likeness (QED) is 0.761. The maximum absolute atomic E-state index is 12.4. The minimum atomic E-state index is -0.398. The fourth-order valence-electron chi connectivity index (χ4n) is 1.67. The molecule has 104 valence electrons. The van der Waals surface area contributed by atoms with Crippen molar-refractivity contribution in [1.82, 2.24) is 9.88 Å². The fourth-order valence-corrected chi connectivity index (χ4v) is 1.67. The van der Waals surface area contributed by atoms with Gasteiger partial charge in [0, 0.05) is 18.4 Å². The molecule has 1 heterocycles. The Balaban J connectivity index is 2.87. The van der Waals surface area contributed by atoms with Crippen LogP contribution in [0.25, 0.3) is 0 Å². The number of ether oxygens (including phenoxy) is 1. The first-order valence-electron chi connectivity index (χ1n) is 6.34. The van der Waals surface area contributed by atoms with Crippen LogP contribution in [0.15, 0.2) is 18.5 Å². The highest BCUT2D eigenvalue weighted by molar-refractivity contribution is 5.96. The summed E-state index contributed by atoms with van der Waals surface area (Å²) >= 11 is 0. The minimum absolute atomic E-state index is 0.0434. The van der Waals surface area contributed by atoms with E-state index in [0.29, 0.717) is 12.2 Å². The second-order valence-corrected chi connectivity index (χ2v) is 4.58. The van der Waals surface area contributed by atoms with Crippen LogP contribution < -0.4 is 0 Å². The van der Waals surface area contributed by atoms with Crippen LogP contribution in [-0.4, -0.2) is 41.0 Å². The largest absolute Gasteiger partial charge is 0.465 e. The molecule has 1 amide bonds. The summed E-state index contributed by atoms with van der Waals surface area (Å²) in [5.74, 6) is -0.607. The number of esters is 1. The Bertz CT molecular complexity index is 458. The van der Waals surface area contributed by atoms with Gasteiger partial charge >= 0.3 is 5.97 Å². The maximum atomic E-state index is 12.4. The highest BCUT2D eigenvalue weighted by atomic mass is 16.5. The molecule has 0 radical (unpaired) electrons. The number of carbonyl (C=O) groups is 2. The molecule has 0 aliphatic rings. The lowest BCUT2D eigenvalue weighted by atomic mass is 10.2. The van der Waals surface area contributed by atoms with Crippen LogP contribution in [0.3, 0.4) is 0 Å². The van der Waals surface area contributed by atoms with E-state index < -0.39 is 5.97 Å². The topological polar surface area (TPSA) is 59.5 Å². The van der Waals surface area contributed by atoms with Gasteiger partial charge in [0.25, 0.3) is 5.91 Å². The van der Waals surface area contributed by atoms with Crippen LogP contribution in [0.2, 0.25) is 0 Å². The van der Waals surface area contributed by atoms with Crippen molar-refractivity contribution >= 4 is 11.9 Å². The molecule has 0 saturated heterocycles. The molecule has 0 fully saturated rings. The van der Waals surface area contributed by atoms with Crippen molar-refractivity contribution < 1.29 is 14.3 Å². The van der Waals surface area contributed by atoms with E-state index in [-0.39, 0.29) is 18.5 Å². The van der Waals surface area contributed by atoms with Crippen LogP contribution in [0.5, 0.6) is 0 Å². The van der Waals surface area contributed by atoms with E-state index in [2.05, 4.69) is 4.98 Å². The summed E-state index contributed by atoms with van der Waals surface area (Å²) in [6.07, 6.45) is 3.19. The van der Waals surface area contributed by atoms with Crippen molar-refractivity contribution in [1.29, 1.82) is 0 Å². The lowest BCUT2D eigenvalue weighted by Crippen LogP contribution is -2.41. The van der Waals surface area contributed by atoms with E-state index in [1.165, 1.54) is 11.1 Å². The SMILES string of the molecule is CCOC(=O)CN(C(=O)c1cncc(C)c1)C(C)C. The average Bonchev–Trinajstić information content (AvgIpc) is 2.35. The van der Waals surface area contributed by atoms with Gasteiger partial charge in [0.05, 0.1) is 12.2 Å². The summed E-state index contributed by atoms with van der Waals surface area (Å²) < 4.78 is 4.88.